The summed E-state index contributed by atoms with van der Waals surface area (Å²) in [6.45, 7) is 5.69. The smallest absolute Gasteiger partial charge is 0.127 e. The monoisotopic (exact) mass is 220 g/mol. The van der Waals surface area contributed by atoms with E-state index in [1.165, 1.54) is 5.56 Å². The fourth-order valence-corrected chi connectivity index (χ4v) is 1.70. The van der Waals surface area contributed by atoms with Crippen LogP contribution in [-0.2, 0) is 11.3 Å². The van der Waals surface area contributed by atoms with E-state index in [1.54, 1.807) is 12.4 Å². The highest BCUT2D eigenvalue weighted by Gasteiger charge is 2.22. The summed E-state index contributed by atoms with van der Waals surface area (Å²) in [4.78, 5) is 17.2. The maximum Gasteiger partial charge on any atom is 0.127 e. The molecule has 1 unspecified atom stereocenters. The van der Waals surface area contributed by atoms with E-state index in [1.807, 2.05) is 26.1 Å². The molecule has 1 rings (SSSR count). The molecular weight excluding hydrogens is 200 g/mol. The molecule has 0 spiro atoms. The number of nitrogens with zero attached hydrogens (tertiary/aromatic N) is 2. The first kappa shape index (κ1) is 12.8. The zero-order valence-electron chi connectivity index (χ0n) is 10.3. The quantitative estimate of drug-likeness (QED) is 0.689. The summed E-state index contributed by atoms with van der Waals surface area (Å²) in [5, 5.41) is 0. The molecule has 1 aromatic heterocycles. The van der Waals surface area contributed by atoms with Crippen molar-refractivity contribution in [2.75, 3.05) is 13.6 Å². The predicted molar refractivity (Wildman–Crippen MR) is 65.0 cm³/mol. The lowest BCUT2D eigenvalue weighted by Crippen LogP contribution is -2.33. The van der Waals surface area contributed by atoms with Gasteiger partial charge in [0.25, 0.3) is 0 Å². The molecule has 3 nitrogen and oxygen atoms in total. The lowest BCUT2D eigenvalue weighted by Gasteiger charge is -2.27. The Kier molecular flexibility index (Phi) is 4.62. The number of aromatic nitrogens is 1. The minimum absolute atomic E-state index is 0.234. The van der Waals surface area contributed by atoms with Gasteiger partial charge >= 0.3 is 0 Å². The molecular formula is C13H20N2O. The lowest BCUT2D eigenvalue weighted by atomic mass is 9.89. The number of carbonyl (C=O) groups excluding carboxylic acids is 1. The van der Waals surface area contributed by atoms with E-state index < -0.39 is 0 Å². The van der Waals surface area contributed by atoms with E-state index >= 15 is 0 Å². The Morgan fingerprint density at radius 2 is 2.06 bits per heavy atom. The van der Waals surface area contributed by atoms with Crippen molar-refractivity contribution < 1.29 is 4.79 Å². The first-order valence-corrected chi connectivity index (χ1v) is 5.63. The van der Waals surface area contributed by atoms with Crippen molar-refractivity contribution in [1.29, 1.82) is 0 Å². The molecule has 0 fully saturated rings. The first-order valence-electron chi connectivity index (χ1n) is 5.63. The average Bonchev–Trinajstić information content (AvgIpc) is 2.30. The second-order valence-corrected chi connectivity index (χ2v) is 4.65. The summed E-state index contributed by atoms with van der Waals surface area (Å²) in [5.41, 5.74) is 0.990. The molecule has 16 heavy (non-hydrogen) atoms. The van der Waals surface area contributed by atoms with Crippen molar-refractivity contribution in [3.05, 3.63) is 30.1 Å². The second kappa shape index (κ2) is 5.75. The Morgan fingerprint density at radius 3 is 2.56 bits per heavy atom. The summed E-state index contributed by atoms with van der Waals surface area (Å²) in [7, 11) is 2.04. The SMILES string of the molecule is CCC(C)(C=O)CN(C)Cc1ccncc1. The van der Waals surface area contributed by atoms with Gasteiger partial charge in [0.05, 0.1) is 0 Å². The average molecular weight is 220 g/mol. The minimum Gasteiger partial charge on any atom is -0.303 e. The molecule has 0 N–H and O–H groups in total. The largest absolute Gasteiger partial charge is 0.303 e. The first-order chi connectivity index (χ1) is 7.59. The van der Waals surface area contributed by atoms with Gasteiger partial charge in [0.15, 0.2) is 0 Å². The third kappa shape index (κ3) is 3.74. The molecule has 0 aliphatic rings. The van der Waals surface area contributed by atoms with Crippen LogP contribution in [0.1, 0.15) is 25.8 Å². The van der Waals surface area contributed by atoms with Gasteiger partial charge in [-0.15, -0.1) is 0 Å². The highest BCUT2D eigenvalue weighted by Crippen LogP contribution is 2.19. The third-order valence-electron chi connectivity index (χ3n) is 2.93. The fraction of sp³-hybridized carbons (Fsp3) is 0.538. The Hall–Kier alpha value is -1.22. The Bertz CT molecular complexity index is 326. The molecule has 88 valence electrons. The molecule has 1 aromatic rings. The number of rotatable bonds is 6. The van der Waals surface area contributed by atoms with Crippen LogP contribution < -0.4 is 0 Å². The van der Waals surface area contributed by atoms with Crippen LogP contribution in [0.3, 0.4) is 0 Å². The van der Waals surface area contributed by atoms with Crippen molar-refractivity contribution in [2.24, 2.45) is 5.41 Å². The number of hydrogen-bond acceptors (Lipinski definition) is 3. The van der Waals surface area contributed by atoms with Gasteiger partial charge in [-0.1, -0.05) is 13.8 Å². The molecule has 0 aromatic carbocycles. The molecule has 0 radical (unpaired) electrons. The molecule has 0 saturated heterocycles. The number of pyridine rings is 1. The maximum atomic E-state index is 11.0. The van der Waals surface area contributed by atoms with E-state index in [0.29, 0.717) is 0 Å². The van der Waals surface area contributed by atoms with Gasteiger partial charge in [0.1, 0.15) is 6.29 Å². The Balaban J connectivity index is 2.54. The fourth-order valence-electron chi connectivity index (χ4n) is 1.70. The van der Waals surface area contributed by atoms with Gasteiger partial charge < -0.3 is 9.69 Å². The Morgan fingerprint density at radius 1 is 1.44 bits per heavy atom. The van der Waals surface area contributed by atoms with Crippen LogP contribution in [0.4, 0.5) is 0 Å². The molecule has 1 heterocycles. The van der Waals surface area contributed by atoms with Gasteiger partial charge in [0.2, 0.25) is 0 Å². The van der Waals surface area contributed by atoms with Crippen LogP contribution in [0.2, 0.25) is 0 Å². The zero-order valence-corrected chi connectivity index (χ0v) is 10.3. The lowest BCUT2D eigenvalue weighted by molar-refractivity contribution is -0.116. The predicted octanol–water partition coefficient (Wildman–Crippen LogP) is 2.13. The van der Waals surface area contributed by atoms with Crippen LogP contribution in [-0.4, -0.2) is 29.8 Å². The van der Waals surface area contributed by atoms with E-state index in [-0.39, 0.29) is 5.41 Å². The number of carbonyl (C=O) groups is 1. The van der Waals surface area contributed by atoms with Gasteiger partial charge in [-0.25, -0.2) is 0 Å². The summed E-state index contributed by atoms with van der Waals surface area (Å²) >= 11 is 0. The minimum atomic E-state index is -0.234. The van der Waals surface area contributed by atoms with E-state index in [9.17, 15) is 4.79 Å². The summed E-state index contributed by atoms with van der Waals surface area (Å²) < 4.78 is 0. The number of hydrogen-bond donors (Lipinski definition) is 0. The molecule has 0 bridgehead atoms. The number of aldehydes is 1. The maximum absolute atomic E-state index is 11.0. The standard InChI is InChI=1S/C13H20N2O/c1-4-13(2,11-16)10-15(3)9-12-5-7-14-8-6-12/h5-8,11H,4,9-10H2,1-3H3. The van der Waals surface area contributed by atoms with Crippen molar-refractivity contribution >= 4 is 6.29 Å². The van der Waals surface area contributed by atoms with Gasteiger partial charge in [-0.05, 0) is 31.2 Å². The molecule has 1 atom stereocenters. The van der Waals surface area contributed by atoms with Gasteiger partial charge in [-0.2, -0.15) is 0 Å². The summed E-state index contributed by atoms with van der Waals surface area (Å²) in [5.74, 6) is 0. The molecule has 0 saturated carbocycles. The normalized spacial score (nSPS) is 14.8. The van der Waals surface area contributed by atoms with E-state index in [0.717, 1.165) is 25.8 Å². The van der Waals surface area contributed by atoms with Crippen LogP contribution in [0.15, 0.2) is 24.5 Å². The van der Waals surface area contributed by atoms with Crippen LogP contribution >= 0.6 is 0 Å². The molecule has 0 amide bonds. The van der Waals surface area contributed by atoms with Crippen LogP contribution in [0.5, 0.6) is 0 Å². The summed E-state index contributed by atoms with van der Waals surface area (Å²) in [6.07, 6.45) is 5.52. The van der Waals surface area contributed by atoms with E-state index in [2.05, 4.69) is 16.8 Å². The van der Waals surface area contributed by atoms with Crippen LogP contribution in [0, 0.1) is 5.41 Å². The summed E-state index contributed by atoms with van der Waals surface area (Å²) in [6, 6.07) is 4.00. The van der Waals surface area contributed by atoms with Crippen LogP contribution in [0.25, 0.3) is 0 Å². The van der Waals surface area contributed by atoms with E-state index in [4.69, 9.17) is 0 Å². The van der Waals surface area contributed by atoms with Crippen molar-refractivity contribution in [3.63, 3.8) is 0 Å². The topological polar surface area (TPSA) is 33.2 Å². The van der Waals surface area contributed by atoms with Gasteiger partial charge in [0, 0.05) is 30.9 Å². The second-order valence-electron chi connectivity index (χ2n) is 4.65. The molecule has 0 aliphatic heterocycles. The highest BCUT2D eigenvalue weighted by molar-refractivity contribution is 5.58. The third-order valence-corrected chi connectivity index (χ3v) is 2.93. The van der Waals surface area contributed by atoms with Crippen molar-refractivity contribution in [1.82, 2.24) is 9.88 Å². The molecule has 3 heteroatoms. The van der Waals surface area contributed by atoms with Crippen molar-refractivity contribution in [2.45, 2.75) is 26.8 Å². The van der Waals surface area contributed by atoms with Gasteiger partial charge in [-0.3, -0.25) is 4.98 Å². The molecule has 0 aliphatic carbocycles. The Labute approximate surface area is 97.5 Å². The zero-order chi connectivity index (χ0) is 12.0. The highest BCUT2D eigenvalue weighted by atomic mass is 16.1. The van der Waals surface area contributed by atoms with Crippen molar-refractivity contribution in [3.8, 4) is 0 Å².